The number of nitrogens with zero attached hydrogens (tertiary/aromatic N) is 2. The first-order valence-corrected chi connectivity index (χ1v) is 8.14. The lowest BCUT2D eigenvalue weighted by Crippen LogP contribution is -2.51. The number of halogens is 1. The van der Waals surface area contributed by atoms with Crippen molar-refractivity contribution in [2.75, 3.05) is 38.7 Å². The maximum atomic E-state index is 12.1. The summed E-state index contributed by atoms with van der Waals surface area (Å²) >= 11 is 6.19. The van der Waals surface area contributed by atoms with Gasteiger partial charge in [0.1, 0.15) is 0 Å². The number of hydrogen-bond acceptors (Lipinski definition) is 5. The summed E-state index contributed by atoms with van der Waals surface area (Å²) in [6.45, 7) is 3.27. The standard InChI is InChI=1S/C17H19ClN2O4/c1-4-23-17(22)11-8-20(9-11)13-7-12(18)5-10-6-14(24-15(10)13)16(21)19(2)3/h5-7,11H,4,8-9H2,1-3H3. The van der Waals surface area contributed by atoms with Crippen LogP contribution in [0.2, 0.25) is 5.02 Å². The van der Waals surface area contributed by atoms with Gasteiger partial charge in [-0.15, -0.1) is 0 Å². The zero-order valence-corrected chi connectivity index (χ0v) is 14.6. The van der Waals surface area contributed by atoms with Gasteiger partial charge >= 0.3 is 5.97 Å². The quantitative estimate of drug-likeness (QED) is 0.793. The number of benzene rings is 1. The second kappa shape index (κ2) is 6.36. The summed E-state index contributed by atoms with van der Waals surface area (Å²) in [6, 6.07) is 5.24. The largest absolute Gasteiger partial charge is 0.466 e. The molecule has 0 radical (unpaired) electrons. The molecule has 6 nitrogen and oxygen atoms in total. The molecule has 7 heteroatoms. The van der Waals surface area contributed by atoms with E-state index in [1.807, 2.05) is 4.90 Å². The second-order valence-electron chi connectivity index (χ2n) is 6.01. The molecule has 1 aromatic carbocycles. The molecule has 24 heavy (non-hydrogen) atoms. The Morgan fingerprint density at radius 1 is 1.33 bits per heavy atom. The molecule has 0 bridgehead atoms. The van der Waals surface area contributed by atoms with Gasteiger partial charge in [-0.1, -0.05) is 11.6 Å². The summed E-state index contributed by atoms with van der Waals surface area (Å²) in [6.07, 6.45) is 0. The lowest BCUT2D eigenvalue weighted by Gasteiger charge is -2.39. The van der Waals surface area contributed by atoms with Crippen LogP contribution in [0.5, 0.6) is 0 Å². The van der Waals surface area contributed by atoms with Gasteiger partial charge in [-0.05, 0) is 25.1 Å². The highest BCUT2D eigenvalue weighted by Crippen LogP contribution is 2.36. The number of furan rings is 1. The summed E-state index contributed by atoms with van der Waals surface area (Å²) in [5.74, 6) is -0.269. The molecule has 0 N–H and O–H groups in total. The van der Waals surface area contributed by atoms with Gasteiger partial charge in [0.2, 0.25) is 0 Å². The van der Waals surface area contributed by atoms with E-state index < -0.39 is 0 Å². The minimum atomic E-state index is -0.207. The molecule has 0 unspecified atom stereocenters. The maximum Gasteiger partial charge on any atom is 0.312 e. The summed E-state index contributed by atoms with van der Waals surface area (Å²) < 4.78 is 10.8. The van der Waals surface area contributed by atoms with E-state index in [9.17, 15) is 9.59 Å². The minimum Gasteiger partial charge on any atom is -0.466 e. The van der Waals surface area contributed by atoms with E-state index in [4.69, 9.17) is 20.8 Å². The number of esters is 1. The number of carbonyl (C=O) groups is 2. The summed E-state index contributed by atoms with van der Waals surface area (Å²) in [5, 5.41) is 1.32. The Hall–Kier alpha value is -2.21. The Labute approximate surface area is 144 Å². The van der Waals surface area contributed by atoms with Gasteiger partial charge in [0.25, 0.3) is 5.91 Å². The fourth-order valence-electron chi connectivity index (χ4n) is 2.74. The number of ether oxygens (including phenoxy) is 1. The Bertz CT molecular complexity index is 793. The maximum absolute atomic E-state index is 12.1. The zero-order chi connectivity index (χ0) is 17.4. The molecule has 1 aromatic heterocycles. The van der Waals surface area contributed by atoms with Crippen molar-refractivity contribution in [2.24, 2.45) is 5.92 Å². The van der Waals surface area contributed by atoms with Crippen LogP contribution in [-0.2, 0) is 9.53 Å². The number of amides is 1. The number of carbonyl (C=O) groups excluding carboxylic acids is 2. The van der Waals surface area contributed by atoms with Crippen LogP contribution in [0.4, 0.5) is 5.69 Å². The highest BCUT2D eigenvalue weighted by atomic mass is 35.5. The third-order valence-corrected chi connectivity index (χ3v) is 4.24. The molecular weight excluding hydrogens is 332 g/mol. The lowest BCUT2D eigenvalue weighted by atomic mass is 9.99. The molecule has 0 spiro atoms. The van der Waals surface area contributed by atoms with E-state index in [1.54, 1.807) is 39.2 Å². The first kappa shape index (κ1) is 16.6. The average Bonchev–Trinajstić information content (AvgIpc) is 2.88. The molecule has 1 fully saturated rings. The number of rotatable bonds is 4. The lowest BCUT2D eigenvalue weighted by molar-refractivity contribution is -0.148. The number of fused-ring (bicyclic) bond motifs is 1. The molecule has 3 rings (SSSR count). The van der Waals surface area contributed by atoms with Crippen molar-refractivity contribution in [3.05, 3.63) is 29.0 Å². The van der Waals surface area contributed by atoms with Gasteiger partial charge in [0.15, 0.2) is 11.3 Å². The molecule has 128 valence electrons. The first-order chi connectivity index (χ1) is 11.4. The van der Waals surface area contributed by atoms with Crippen molar-refractivity contribution in [2.45, 2.75) is 6.92 Å². The van der Waals surface area contributed by atoms with Crippen molar-refractivity contribution >= 4 is 40.1 Å². The molecule has 0 saturated carbocycles. The molecule has 1 aliphatic heterocycles. The van der Waals surface area contributed by atoms with Crippen LogP contribution >= 0.6 is 11.6 Å². The van der Waals surface area contributed by atoms with Crippen LogP contribution in [-0.4, -0.2) is 50.6 Å². The topological polar surface area (TPSA) is 63.0 Å². The summed E-state index contributed by atoms with van der Waals surface area (Å²) in [7, 11) is 3.34. The van der Waals surface area contributed by atoms with Crippen LogP contribution in [0.3, 0.4) is 0 Å². The van der Waals surface area contributed by atoms with Gasteiger partial charge in [0, 0.05) is 37.6 Å². The van der Waals surface area contributed by atoms with E-state index in [0.717, 1.165) is 11.1 Å². The van der Waals surface area contributed by atoms with Crippen molar-refractivity contribution in [1.29, 1.82) is 0 Å². The van der Waals surface area contributed by atoms with E-state index in [0.29, 0.717) is 30.3 Å². The fraction of sp³-hybridized carbons (Fsp3) is 0.412. The number of anilines is 1. The third kappa shape index (κ3) is 2.94. The van der Waals surface area contributed by atoms with Crippen molar-refractivity contribution in [3.8, 4) is 0 Å². The smallest absolute Gasteiger partial charge is 0.312 e. The van der Waals surface area contributed by atoms with Crippen LogP contribution in [0, 0.1) is 5.92 Å². The van der Waals surface area contributed by atoms with Crippen LogP contribution < -0.4 is 4.90 Å². The van der Waals surface area contributed by atoms with Gasteiger partial charge in [-0.3, -0.25) is 9.59 Å². The molecule has 0 aliphatic carbocycles. The average molecular weight is 351 g/mol. The van der Waals surface area contributed by atoms with Crippen LogP contribution in [0.25, 0.3) is 11.0 Å². The second-order valence-corrected chi connectivity index (χ2v) is 6.44. The zero-order valence-electron chi connectivity index (χ0n) is 13.8. The van der Waals surface area contributed by atoms with E-state index in [2.05, 4.69) is 0 Å². The highest BCUT2D eigenvalue weighted by molar-refractivity contribution is 6.32. The molecular formula is C17H19ClN2O4. The van der Waals surface area contributed by atoms with Crippen LogP contribution in [0.15, 0.2) is 22.6 Å². The number of hydrogen-bond donors (Lipinski definition) is 0. The molecule has 2 heterocycles. The van der Waals surface area contributed by atoms with Crippen LogP contribution in [0.1, 0.15) is 17.5 Å². The predicted octanol–water partition coefficient (Wildman–Crippen LogP) is 2.79. The van der Waals surface area contributed by atoms with Gasteiger partial charge < -0.3 is 19.0 Å². The van der Waals surface area contributed by atoms with Gasteiger partial charge in [0.05, 0.1) is 18.2 Å². The Kier molecular flexibility index (Phi) is 4.41. The van der Waals surface area contributed by atoms with E-state index >= 15 is 0 Å². The molecule has 1 amide bonds. The molecule has 1 aliphatic rings. The Morgan fingerprint density at radius 2 is 2.04 bits per heavy atom. The normalized spacial score (nSPS) is 14.6. The molecule has 2 aromatic rings. The fourth-order valence-corrected chi connectivity index (χ4v) is 2.96. The van der Waals surface area contributed by atoms with Crippen molar-refractivity contribution in [3.63, 3.8) is 0 Å². The Balaban J connectivity index is 1.89. The minimum absolute atomic E-state index is 0.142. The SMILES string of the molecule is CCOC(=O)C1CN(c2cc(Cl)cc3cc(C(=O)N(C)C)oc23)C1. The third-order valence-electron chi connectivity index (χ3n) is 4.02. The summed E-state index contributed by atoms with van der Waals surface area (Å²) in [5.41, 5.74) is 1.39. The van der Waals surface area contributed by atoms with Gasteiger partial charge in [-0.2, -0.15) is 0 Å². The first-order valence-electron chi connectivity index (χ1n) is 7.77. The Morgan fingerprint density at radius 3 is 2.67 bits per heavy atom. The van der Waals surface area contributed by atoms with E-state index in [1.165, 1.54) is 4.90 Å². The highest BCUT2D eigenvalue weighted by Gasteiger charge is 2.35. The molecule has 1 saturated heterocycles. The predicted molar refractivity (Wildman–Crippen MR) is 91.6 cm³/mol. The monoisotopic (exact) mass is 350 g/mol. The summed E-state index contributed by atoms with van der Waals surface area (Å²) in [4.78, 5) is 27.3. The van der Waals surface area contributed by atoms with Crippen molar-refractivity contribution < 1.29 is 18.7 Å². The molecule has 0 atom stereocenters. The van der Waals surface area contributed by atoms with Gasteiger partial charge in [-0.25, -0.2) is 0 Å². The van der Waals surface area contributed by atoms with E-state index in [-0.39, 0.29) is 23.6 Å². The van der Waals surface area contributed by atoms with Crippen molar-refractivity contribution in [1.82, 2.24) is 4.90 Å².